The molecule has 1 aromatic rings. The molecule has 1 aromatic carbocycles. The fourth-order valence-corrected chi connectivity index (χ4v) is 2.63. The van der Waals surface area contributed by atoms with E-state index in [0.717, 1.165) is 18.2 Å². The highest BCUT2D eigenvalue weighted by Crippen LogP contribution is 2.46. The summed E-state index contributed by atoms with van der Waals surface area (Å²) in [5, 5.41) is 0. The van der Waals surface area contributed by atoms with E-state index in [9.17, 15) is 0 Å². The van der Waals surface area contributed by atoms with Crippen LogP contribution < -0.4 is 10.5 Å². The molecule has 0 saturated heterocycles. The standard InChI is InChI=1S/C14H21NO/c1-10-3-4-14(16-2)13(7-10)12-8-11(9-12)5-6-15/h3-4,7,11-12H,5-6,8-9,15H2,1-2H3. The lowest BCUT2D eigenvalue weighted by Crippen LogP contribution is -2.24. The van der Waals surface area contributed by atoms with Crippen LogP contribution >= 0.6 is 0 Å². The van der Waals surface area contributed by atoms with Crippen molar-refractivity contribution in [2.24, 2.45) is 11.7 Å². The summed E-state index contributed by atoms with van der Waals surface area (Å²) in [6.45, 7) is 2.96. The first-order valence-electron chi connectivity index (χ1n) is 6.09. The van der Waals surface area contributed by atoms with Crippen LogP contribution in [0.4, 0.5) is 0 Å². The Morgan fingerprint density at radius 1 is 1.38 bits per heavy atom. The molecular formula is C14H21NO. The molecule has 2 heteroatoms. The second-order valence-electron chi connectivity index (χ2n) is 4.86. The van der Waals surface area contributed by atoms with Gasteiger partial charge in [0.05, 0.1) is 7.11 Å². The van der Waals surface area contributed by atoms with Gasteiger partial charge in [-0.2, -0.15) is 0 Å². The number of ether oxygens (including phenoxy) is 1. The van der Waals surface area contributed by atoms with Gasteiger partial charge in [0.2, 0.25) is 0 Å². The number of hydrogen-bond acceptors (Lipinski definition) is 2. The maximum absolute atomic E-state index is 5.58. The van der Waals surface area contributed by atoms with E-state index in [1.165, 1.54) is 30.4 Å². The summed E-state index contributed by atoms with van der Waals surface area (Å²) in [5.74, 6) is 2.56. The molecule has 1 aliphatic carbocycles. The van der Waals surface area contributed by atoms with Crippen molar-refractivity contribution in [2.75, 3.05) is 13.7 Å². The van der Waals surface area contributed by atoms with Gasteiger partial charge < -0.3 is 10.5 Å². The molecular weight excluding hydrogens is 198 g/mol. The van der Waals surface area contributed by atoms with Crippen LogP contribution in [-0.4, -0.2) is 13.7 Å². The van der Waals surface area contributed by atoms with Crippen molar-refractivity contribution in [3.63, 3.8) is 0 Å². The van der Waals surface area contributed by atoms with Crippen molar-refractivity contribution in [2.45, 2.75) is 32.1 Å². The van der Waals surface area contributed by atoms with E-state index >= 15 is 0 Å². The maximum atomic E-state index is 5.58. The predicted molar refractivity (Wildman–Crippen MR) is 66.9 cm³/mol. The highest BCUT2D eigenvalue weighted by molar-refractivity contribution is 5.40. The molecule has 2 rings (SSSR count). The largest absolute Gasteiger partial charge is 0.496 e. The van der Waals surface area contributed by atoms with Gasteiger partial charge in [0.15, 0.2) is 0 Å². The van der Waals surface area contributed by atoms with Crippen LogP contribution in [-0.2, 0) is 0 Å². The first-order chi connectivity index (χ1) is 7.74. The van der Waals surface area contributed by atoms with Crippen molar-refractivity contribution < 1.29 is 4.74 Å². The zero-order chi connectivity index (χ0) is 11.5. The Balaban J connectivity index is 2.07. The van der Waals surface area contributed by atoms with Crippen molar-refractivity contribution in [3.05, 3.63) is 29.3 Å². The lowest BCUT2D eigenvalue weighted by atomic mass is 9.69. The molecule has 1 saturated carbocycles. The summed E-state index contributed by atoms with van der Waals surface area (Å²) < 4.78 is 5.43. The number of nitrogens with two attached hydrogens (primary N) is 1. The Bertz CT molecular complexity index is 356. The molecule has 0 aromatic heterocycles. The zero-order valence-electron chi connectivity index (χ0n) is 10.2. The fraction of sp³-hybridized carbons (Fsp3) is 0.571. The number of hydrogen-bond donors (Lipinski definition) is 1. The van der Waals surface area contributed by atoms with Crippen LogP contribution in [0, 0.1) is 12.8 Å². The molecule has 0 amide bonds. The molecule has 88 valence electrons. The number of rotatable bonds is 4. The van der Waals surface area contributed by atoms with E-state index in [4.69, 9.17) is 10.5 Å². The second-order valence-corrected chi connectivity index (χ2v) is 4.86. The highest BCUT2D eigenvalue weighted by Gasteiger charge is 2.31. The van der Waals surface area contributed by atoms with Crippen molar-refractivity contribution in [1.29, 1.82) is 0 Å². The molecule has 1 fully saturated rings. The molecule has 0 radical (unpaired) electrons. The minimum absolute atomic E-state index is 0.686. The van der Waals surface area contributed by atoms with Gasteiger partial charge in [-0.25, -0.2) is 0 Å². The molecule has 0 bridgehead atoms. The summed E-state index contributed by atoms with van der Waals surface area (Å²) in [5.41, 5.74) is 8.28. The van der Waals surface area contributed by atoms with E-state index < -0.39 is 0 Å². The number of benzene rings is 1. The fourth-order valence-electron chi connectivity index (χ4n) is 2.63. The molecule has 2 nitrogen and oxygen atoms in total. The number of methoxy groups -OCH3 is 1. The van der Waals surface area contributed by atoms with Crippen LogP contribution in [0.2, 0.25) is 0 Å². The summed E-state index contributed by atoms with van der Waals surface area (Å²) in [6.07, 6.45) is 3.72. The van der Waals surface area contributed by atoms with Crippen LogP contribution in [0.25, 0.3) is 0 Å². The average molecular weight is 219 g/mol. The summed E-state index contributed by atoms with van der Waals surface area (Å²) >= 11 is 0. The third kappa shape index (κ3) is 2.22. The van der Waals surface area contributed by atoms with Crippen LogP contribution in [0.5, 0.6) is 5.75 Å². The van der Waals surface area contributed by atoms with Gasteiger partial charge in [-0.1, -0.05) is 17.7 Å². The van der Waals surface area contributed by atoms with Crippen molar-refractivity contribution in [3.8, 4) is 5.75 Å². The van der Waals surface area contributed by atoms with Gasteiger partial charge in [-0.15, -0.1) is 0 Å². The third-order valence-corrected chi connectivity index (χ3v) is 3.64. The monoisotopic (exact) mass is 219 g/mol. The van der Waals surface area contributed by atoms with E-state index in [2.05, 4.69) is 25.1 Å². The van der Waals surface area contributed by atoms with Crippen molar-refractivity contribution in [1.82, 2.24) is 0 Å². The Kier molecular flexibility index (Phi) is 3.49. The van der Waals surface area contributed by atoms with Gasteiger partial charge in [0.1, 0.15) is 5.75 Å². The van der Waals surface area contributed by atoms with Crippen molar-refractivity contribution >= 4 is 0 Å². The second kappa shape index (κ2) is 4.88. The Labute approximate surface area is 97.8 Å². The number of aryl methyl sites for hydroxylation is 1. The topological polar surface area (TPSA) is 35.2 Å². The lowest BCUT2D eigenvalue weighted by molar-refractivity contribution is 0.246. The molecule has 1 aliphatic rings. The lowest BCUT2D eigenvalue weighted by Gasteiger charge is -2.36. The summed E-state index contributed by atoms with van der Waals surface area (Å²) in [6, 6.07) is 6.46. The van der Waals surface area contributed by atoms with Crippen LogP contribution in [0.15, 0.2) is 18.2 Å². The Morgan fingerprint density at radius 3 is 2.75 bits per heavy atom. The van der Waals surface area contributed by atoms with Gasteiger partial charge in [0.25, 0.3) is 0 Å². The summed E-state index contributed by atoms with van der Waals surface area (Å²) in [7, 11) is 1.75. The molecule has 0 spiro atoms. The average Bonchev–Trinajstić information content (AvgIpc) is 2.23. The van der Waals surface area contributed by atoms with Gasteiger partial charge >= 0.3 is 0 Å². The first kappa shape index (κ1) is 11.5. The van der Waals surface area contributed by atoms with E-state index in [1.807, 2.05) is 0 Å². The minimum Gasteiger partial charge on any atom is -0.496 e. The first-order valence-corrected chi connectivity index (χ1v) is 6.09. The van der Waals surface area contributed by atoms with Crippen LogP contribution in [0.3, 0.4) is 0 Å². The maximum Gasteiger partial charge on any atom is 0.122 e. The van der Waals surface area contributed by atoms with E-state index in [-0.39, 0.29) is 0 Å². The molecule has 16 heavy (non-hydrogen) atoms. The van der Waals surface area contributed by atoms with Gasteiger partial charge in [0, 0.05) is 0 Å². The Hall–Kier alpha value is -1.02. The Morgan fingerprint density at radius 2 is 2.12 bits per heavy atom. The van der Waals surface area contributed by atoms with E-state index in [1.54, 1.807) is 7.11 Å². The zero-order valence-corrected chi connectivity index (χ0v) is 10.2. The highest BCUT2D eigenvalue weighted by atomic mass is 16.5. The molecule has 0 heterocycles. The van der Waals surface area contributed by atoms with Gasteiger partial charge in [-0.05, 0) is 56.2 Å². The molecule has 0 unspecified atom stereocenters. The van der Waals surface area contributed by atoms with E-state index in [0.29, 0.717) is 5.92 Å². The molecule has 0 atom stereocenters. The minimum atomic E-state index is 0.686. The normalized spacial score (nSPS) is 23.9. The van der Waals surface area contributed by atoms with Gasteiger partial charge in [-0.3, -0.25) is 0 Å². The quantitative estimate of drug-likeness (QED) is 0.845. The SMILES string of the molecule is COc1ccc(C)cc1C1CC(CCN)C1. The molecule has 0 aliphatic heterocycles. The molecule has 2 N–H and O–H groups in total. The smallest absolute Gasteiger partial charge is 0.122 e. The van der Waals surface area contributed by atoms with Crippen LogP contribution in [0.1, 0.15) is 36.3 Å². The summed E-state index contributed by atoms with van der Waals surface area (Å²) in [4.78, 5) is 0. The third-order valence-electron chi connectivity index (χ3n) is 3.64. The predicted octanol–water partition coefficient (Wildman–Crippen LogP) is 2.85.